The van der Waals surface area contributed by atoms with Gasteiger partial charge in [-0.2, -0.15) is 0 Å². The van der Waals surface area contributed by atoms with Gasteiger partial charge in [0.1, 0.15) is 18.2 Å². The van der Waals surface area contributed by atoms with Crippen molar-refractivity contribution >= 4 is 33.3 Å². The molecule has 0 spiro atoms. The molecule has 1 amide bonds. The minimum atomic E-state index is -0.384. The lowest BCUT2D eigenvalue weighted by molar-refractivity contribution is -0.140. The highest BCUT2D eigenvalue weighted by Gasteiger charge is 2.21. The van der Waals surface area contributed by atoms with Crippen molar-refractivity contribution in [2.45, 2.75) is 19.4 Å². The molecule has 1 heterocycles. The largest absolute Gasteiger partial charge is 0.489 e. The molecule has 0 fully saturated rings. The molecule has 5 nitrogen and oxygen atoms in total. The summed E-state index contributed by atoms with van der Waals surface area (Å²) < 4.78 is 25.5. The zero-order valence-electron chi connectivity index (χ0n) is 15.4. The number of fused-ring (bicyclic) bond motifs is 1. The molecule has 2 aromatic carbocycles. The maximum absolute atomic E-state index is 14.5. The van der Waals surface area contributed by atoms with E-state index in [9.17, 15) is 14.0 Å². The fraction of sp³-hybridized carbons (Fsp3) is 0.238. The van der Waals surface area contributed by atoms with Crippen molar-refractivity contribution in [2.24, 2.45) is 0 Å². The summed E-state index contributed by atoms with van der Waals surface area (Å²) in [5.41, 5.74) is 0.521. The van der Waals surface area contributed by atoms with Crippen molar-refractivity contribution < 1.29 is 23.5 Å². The van der Waals surface area contributed by atoms with Gasteiger partial charge >= 0.3 is 5.97 Å². The topological polar surface area (TPSA) is 64.6 Å². The number of benzene rings is 2. The Kier molecular flexibility index (Phi) is 6.60. The van der Waals surface area contributed by atoms with E-state index in [0.29, 0.717) is 39.2 Å². The van der Waals surface area contributed by atoms with Crippen molar-refractivity contribution in [3.05, 3.63) is 64.8 Å². The van der Waals surface area contributed by atoms with E-state index >= 15 is 0 Å². The summed E-state index contributed by atoms with van der Waals surface area (Å²) in [4.78, 5) is 24.3. The third-order valence-electron chi connectivity index (χ3n) is 4.17. The summed E-state index contributed by atoms with van der Waals surface area (Å²) in [5, 5.41) is 3.19. The number of hydrogen-bond donors (Lipinski definition) is 1. The highest BCUT2D eigenvalue weighted by molar-refractivity contribution is 7.21. The second kappa shape index (κ2) is 9.32. The molecule has 28 heavy (non-hydrogen) atoms. The predicted molar refractivity (Wildman–Crippen MR) is 106 cm³/mol. The molecule has 0 saturated carbocycles. The Morgan fingerprint density at radius 3 is 2.64 bits per heavy atom. The third-order valence-corrected chi connectivity index (χ3v) is 5.36. The number of carbonyl (C=O) groups is 2. The van der Waals surface area contributed by atoms with Crippen LogP contribution in [0.3, 0.4) is 0 Å². The Morgan fingerprint density at radius 1 is 1.11 bits per heavy atom. The summed E-state index contributed by atoms with van der Waals surface area (Å²) in [6.07, 6.45) is 0.690. The van der Waals surface area contributed by atoms with Crippen molar-refractivity contribution in [3.8, 4) is 5.75 Å². The van der Waals surface area contributed by atoms with Gasteiger partial charge in [-0.15, -0.1) is 11.3 Å². The molecule has 1 aromatic heterocycles. The Bertz CT molecular complexity index is 971. The molecule has 0 radical (unpaired) electrons. The number of rotatable bonds is 8. The second-order valence-corrected chi connectivity index (χ2v) is 7.11. The van der Waals surface area contributed by atoms with Gasteiger partial charge in [0.2, 0.25) is 0 Å². The standard InChI is InChI=1S/C21H20FNO4S/c1-26-18(24)11-6-12-23-21(25)20-15(13-27-14-7-3-2-4-8-14)19-16(22)9-5-10-17(19)28-20/h2-5,7-10H,6,11-13H2,1H3,(H,23,25). The van der Waals surface area contributed by atoms with Crippen LogP contribution in [0.15, 0.2) is 48.5 Å². The highest BCUT2D eigenvalue weighted by Crippen LogP contribution is 2.34. The molecule has 0 atom stereocenters. The van der Waals surface area contributed by atoms with Crippen molar-refractivity contribution in [1.29, 1.82) is 0 Å². The lowest BCUT2D eigenvalue weighted by Gasteiger charge is -2.09. The first kappa shape index (κ1) is 19.8. The number of amides is 1. The molecular weight excluding hydrogens is 381 g/mol. The van der Waals surface area contributed by atoms with Gasteiger partial charge in [-0.25, -0.2) is 4.39 Å². The molecule has 146 valence electrons. The van der Waals surface area contributed by atoms with E-state index < -0.39 is 0 Å². The Balaban J connectivity index is 1.79. The maximum atomic E-state index is 14.5. The van der Waals surface area contributed by atoms with Crippen LogP contribution in [-0.2, 0) is 16.1 Å². The van der Waals surface area contributed by atoms with Gasteiger partial charge in [0.15, 0.2) is 0 Å². The molecule has 0 aliphatic carbocycles. The summed E-state index contributed by atoms with van der Waals surface area (Å²) in [5.74, 6) is -0.375. The molecule has 0 unspecified atom stereocenters. The fourth-order valence-corrected chi connectivity index (χ4v) is 3.92. The molecule has 3 aromatic rings. The van der Waals surface area contributed by atoms with E-state index in [-0.39, 0.29) is 30.7 Å². The van der Waals surface area contributed by atoms with Crippen LogP contribution in [0.2, 0.25) is 0 Å². The molecule has 1 N–H and O–H groups in total. The first-order chi connectivity index (χ1) is 13.6. The van der Waals surface area contributed by atoms with Crippen LogP contribution in [0.4, 0.5) is 4.39 Å². The van der Waals surface area contributed by atoms with Gasteiger partial charge in [0, 0.05) is 28.6 Å². The Morgan fingerprint density at radius 2 is 1.89 bits per heavy atom. The van der Waals surface area contributed by atoms with Crippen LogP contribution in [0.5, 0.6) is 5.75 Å². The van der Waals surface area contributed by atoms with Gasteiger partial charge in [0.05, 0.1) is 12.0 Å². The smallest absolute Gasteiger partial charge is 0.305 e. The third kappa shape index (κ3) is 4.67. The highest BCUT2D eigenvalue weighted by atomic mass is 32.1. The first-order valence-corrected chi connectivity index (χ1v) is 9.64. The summed E-state index contributed by atoms with van der Waals surface area (Å²) >= 11 is 1.23. The monoisotopic (exact) mass is 401 g/mol. The van der Waals surface area contributed by atoms with Gasteiger partial charge < -0.3 is 14.8 Å². The maximum Gasteiger partial charge on any atom is 0.305 e. The first-order valence-electron chi connectivity index (χ1n) is 8.83. The second-order valence-electron chi connectivity index (χ2n) is 6.06. The van der Waals surface area contributed by atoms with E-state index in [1.54, 1.807) is 24.3 Å². The number of hydrogen-bond acceptors (Lipinski definition) is 5. The number of ether oxygens (including phenoxy) is 2. The minimum absolute atomic E-state index is 0.0792. The number of nitrogens with one attached hydrogen (secondary N) is 1. The van der Waals surface area contributed by atoms with Gasteiger partial charge in [-0.05, 0) is 30.7 Å². The predicted octanol–water partition coefficient (Wildman–Crippen LogP) is 4.30. The summed E-state index contributed by atoms with van der Waals surface area (Å²) in [6.45, 7) is 0.402. The van der Waals surface area contributed by atoms with Gasteiger partial charge in [-0.3, -0.25) is 9.59 Å². The number of carbonyl (C=O) groups excluding carboxylic acids is 2. The number of halogens is 1. The average Bonchev–Trinajstić information content (AvgIpc) is 3.10. The zero-order valence-corrected chi connectivity index (χ0v) is 16.2. The molecular formula is C21H20FNO4S. The van der Waals surface area contributed by atoms with Crippen LogP contribution < -0.4 is 10.1 Å². The number of methoxy groups -OCH3 is 1. The van der Waals surface area contributed by atoms with Crippen molar-refractivity contribution in [1.82, 2.24) is 5.32 Å². The van der Waals surface area contributed by atoms with E-state index in [4.69, 9.17) is 4.74 Å². The number of para-hydroxylation sites is 1. The van der Waals surface area contributed by atoms with Gasteiger partial charge in [-0.1, -0.05) is 24.3 Å². The Labute approximate surface area is 166 Å². The fourth-order valence-electron chi connectivity index (χ4n) is 2.78. The molecule has 7 heteroatoms. The Hall–Kier alpha value is -2.93. The van der Waals surface area contributed by atoms with Crippen LogP contribution in [-0.4, -0.2) is 25.5 Å². The van der Waals surface area contributed by atoms with E-state index in [1.165, 1.54) is 24.5 Å². The zero-order chi connectivity index (χ0) is 19.9. The summed E-state index contributed by atoms with van der Waals surface area (Å²) in [6, 6.07) is 13.9. The van der Waals surface area contributed by atoms with E-state index in [2.05, 4.69) is 10.1 Å². The minimum Gasteiger partial charge on any atom is -0.489 e. The van der Waals surface area contributed by atoms with Crippen molar-refractivity contribution in [2.75, 3.05) is 13.7 Å². The van der Waals surface area contributed by atoms with Crippen LogP contribution >= 0.6 is 11.3 Å². The average molecular weight is 401 g/mol. The van der Waals surface area contributed by atoms with E-state index in [0.717, 1.165) is 0 Å². The number of esters is 1. The molecule has 3 rings (SSSR count). The lowest BCUT2D eigenvalue weighted by Crippen LogP contribution is -2.25. The molecule has 0 bridgehead atoms. The van der Waals surface area contributed by atoms with Crippen LogP contribution in [0.1, 0.15) is 28.1 Å². The van der Waals surface area contributed by atoms with Crippen LogP contribution in [0.25, 0.3) is 10.1 Å². The SMILES string of the molecule is COC(=O)CCCNC(=O)c1sc2cccc(F)c2c1COc1ccccc1. The van der Waals surface area contributed by atoms with Crippen LogP contribution in [0, 0.1) is 5.82 Å². The van der Waals surface area contributed by atoms with E-state index in [1.807, 2.05) is 18.2 Å². The number of thiophene rings is 1. The molecule has 0 aliphatic rings. The van der Waals surface area contributed by atoms with Crippen molar-refractivity contribution in [3.63, 3.8) is 0 Å². The molecule has 0 aliphatic heterocycles. The quantitative estimate of drug-likeness (QED) is 0.451. The molecule has 0 saturated heterocycles. The summed E-state index contributed by atoms with van der Waals surface area (Å²) in [7, 11) is 1.33. The normalized spacial score (nSPS) is 10.6. The van der Waals surface area contributed by atoms with Gasteiger partial charge in [0.25, 0.3) is 5.91 Å². The lowest BCUT2D eigenvalue weighted by atomic mass is 10.1.